The number of aromatic nitrogens is 3. The highest BCUT2D eigenvalue weighted by Gasteiger charge is 2.17. The number of rotatable bonds is 5. The highest BCUT2D eigenvalue weighted by Crippen LogP contribution is 2.39. The minimum atomic E-state index is -0.326. The zero-order valence-corrected chi connectivity index (χ0v) is 18.0. The summed E-state index contributed by atoms with van der Waals surface area (Å²) in [5.74, 6) is 0.998. The molecule has 7 nitrogen and oxygen atoms in total. The third-order valence-corrected chi connectivity index (χ3v) is 5.19. The van der Waals surface area contributed by atoms with E-state index in [2.05, 4.69) is 21.9 Å². The van der Waals surface area contributed by atoms with Crippen LogP contribution < -0.4 is 15.6 Å². The quantitative estimate of drug-likeness (QED) is 0.474. The van der Waals surface area contributed by atoms with Crippen LogP contribution in [0.3, 0.4) is 0 Å². The summed E-state index contributed by atoms with van der Waals surface area (Å²) in [5, 5.41) is 3.37. The van der Waals surface area contributed by atoms with Crippen LogP contribution in [0.2, 0.25) is 0 Å². The van der Waals surface area contributed by atoms with Gasteiger partial charge in [-0.05, 0) is 49.2 Å². The van der Waals surface area contributed by atoms with Crippen molar-refractivity contribution in [1.29, 1.82) is 0 Å². The molecule has 1 amide bonds. The number of hydrogen-bond donors (Lipinski definition) is 1. The molecule has 0 saturated heterocycles. The Morgan fingerprint density at radius 3 is 2.62 bits per heavy atom. The zero-order valence-electron chi connectivity index (χ0n) is 18.0. The summed E-state index contributed by atoms with van der Waals surface area (Å²) in [7, 11) is 1.67. The van der Waals surface area contributed by atoms with Gasteiger partial charge in [0, 0.05) is 41.6 Å². The molecule has 0 radical (unpaired) electrons. The molecule has 4 rings (SSSR count). The number of fused-ring (bicyclic) bond motifs is 1. The van der Waals surface area contributed by atoms with E-state index in [0.717, 1.165) is 16.9 Å². The predicted molar refractivity (Wildman–Crippen MR) is 125 cm³/mol. The fourth-order valence-electron chi connectivity index (χ4n) is 3.57. The maximum atomic E-state index is 12.6. The number of benzene rings is 2. The molecule has 2 aromatic heterocycles. The average molecular weight is 426 g/mol. The number of para-hydroxylation sites is 1. The second kappa shape index (κ2) is 8.47. The van der Waals surface area contributed by atoms with Crippen molar-refractivity contribution >= 4 is 22.5 Å². The third-order valence-electron chi connectivity index (χ3n) is 5.19. The topological polar surface area (TPSA) is 86.1 Å². The highest BCUT2D eigenvalue weighted by atomic mass is 16.5. The van der Waals surface area contributed by atoms with E-state index in [4.69, 9.17) is 4.74 Å². The van der Waals surface area contributed by atoms with Gasteiger partial charge in [-0.15, -0.1) is 0 Å². The maximum Gasteiger partial charge on any atom is 0.276 e. The molecule has 0 aliphatic rings. The van der Waals surface area contributed by atoms with Crippen LogP contribution in [0.15, 0.2) is 72.6 Å². The van der Waals surface area contributed by atoms with E-state index < -0.39 is 0 Å². The summed E-state index contributed by atoms with van der Waals surface area (Å²) >= 11 is 0. The SMILES string of the molecule is C=CC(=O)Nc1ccc(Oc2c(C)cccc2C)c(-c2cn(C)c(=O)c3ncncc23)c1. The smallest absolute Gasteiger partial charge is 0.276 e. The molecule has 0 aliphatic carbocycles. The Labute approximate surface area is 185 Å². The Morgan fingerprint density at radius 2 is 1.91 bits per heavy atom. The van der Waals surface area contributed by atoms with Crippen LogP contribution >= 0.6 is 0 Å². The predicted octanol–water partition coefficient (Wildman–Crippen LogP) is 4.53. The van der Waals surface area contributed by atoms with Gasteiger partial charge in [-0.2, -0.15) is 0 Å². The Bertz CT molecular complexity index is 1400. The first-order chi connectivity index (χ1) is 15.4. The van der Waals surface area contributed by atoms with Crippen molar-refractivity contribution in [1.82, 2.24) is 14.5 Å². The molecular formula is C25H22N4O3. The Hall–Kier alpha value is -4.26. The van der Waals surface area contributed by atoms with Gasteiger partial charge in [0.25, 0.3) is 5.56 Å². The van der Waals surface area contributed by atoms with E-state index in [0.29, 0.717) is 33.5 Å². The Balaban J connectivity index is 1.97. The fourth-order valence-corrected chi connectivity index (χ4v) is 3.57. The molecule has 0 saturated carbocycles. The van der Waals surface area contributed by atoms with Crippen molar-refractivity contribution in [3.63, 3.8) is 0 Å². The molecule has 32 heavy (non-hydrogen) atoms. The number of amides is 1. The Morgan fingerprint density at radius 1 is 1.16 bits per heavy atom. The van der Waals surface area contributed by atoms with Crippen LogP contribution in [-0.4, -0.2) is 20.4 Å². The van der Waals surface area contributed by atoms with E-state index in [1.165, 1.54) is 17.0 Å². The summed E-state index contributed by atoms with van der Waals surface area (Å²) < 4.78 is 7.84. The number of anilines is 1. The molecule has 1 N–H and O–H groups in total. The van der Waals surface area contributed by atoms with E-state index >= 15 is 0 Å². The van der Waals surface area contributed by atoms with E-state index in [9.17, 15) is 9.59 Å². The van der Waals surface area contributed by atoms with E-state index in [1.54, 1.807) is 37.6 Å². The maximum absolute atomic E-state index is 12.6. The largest absolute Gasteiger partial charge is 0.456 e. The minimum Gasteiger partial charge on any atom is -0.456 e. The molecule has 0 bridgehead atoms. The van der Waals surface area contributed by atoms with Gasteiger partial charge >= 0.3 is 0 Å². The van der Waals surface area contributed by atoms with Gasteiger partial charge in [0.05, 0.1) is 0 Å². The number of nitrogens with one attached hydrogen (secondary N) is 1. The van der Waals surface area contributed by atoms with E-state index in [1.807, 2.05) is 32.0 Å². The number of nitrogens with zero attached hydrogens (tertiary/aromatic N) is 3. The first-order valence-electron chi connectivity index (χ1n) is 10.0. The molecule has 160 valence electrons. The van der Waals surface area contributed by atoms with Crippen LogP contribution in [0.5, 0.6) is 11.5 Å². The molecule has 7 heteroatoms. The lowest BCUT2D eigenvalue weighted by atomic mass is 10.0. The van der Waals surface area contributed by atoms with Crippen molar-refractivity contribution in [2.75, 3.05) is 5.32 Å². The lowest BCUT2D eigenvalue weighted by Gasteiger charge is -2.17. The summed E-state index contributed by atoms with van der Waals surface area (Å²) in [5.41, 5.74) is 4.03. The average Bonchev–Trinajstić information content (AvgIpc) is 2.79. The first-order valence-corrected chi connectivity index (χ1v) is 10.0. The van der Waals surface area contributed by atoms with Crippen molar-refractivity contribution in [2.45, 2.75) is 13.8 Å². The van der Waals surface area contributed by atoms with Gasteiger partial charge in [-0.25, -0.2) is 9.97 Å². The van der Waals surface area contributed by atoms with Crippen LogP contribution in [-0.2, 0) is 11.8 Å². The van der Waals surface area contributed by atoms with Crippen LogP contribution in [0.25, 0.3) is 22.0 Å². The highest BCUT2D eigenvalue weighted by molar-refractivity contribution is 6.00. The van der Waals surface area contributed by atoms with Gasteiger partial charge in [-0.1, -0.05) is 24.8 Å². The molecule has 0 spiro atoms. The van der Waals surface area contributed by atoms with Crippen LogP contribution in [0.4, 0.5) is 5.69 Å². The lowest BCUT2D eigenvalue weighted by Crippen LogP contribution is -2.18. The van der Waals surface area contributed by atoms with Gasteiger partial charge in [0.1, 0.15) is 23.3 Å². The second-order valence-electron chi connectivity index (χ2n) is 7.47. The lowest BCUT2D eigenvalue weighted by molar-refractivity contribution is -0.111. The van der Waals surface area contributed by atoms with Crippen molar-refractivity contribution < 1.29 is 9.53 Å². The van der Waals surface area contributed by atoms with Crippen LogP contribution in [0, 0.1) is 13.8 Å². The van der Waals surface area contributed by atoms with Gasteiger partial charge in [0.15, 0.2) is 0 Å². The number of hydrogen-bond acceptors (Lipinski definition) is 5. The van der Waals surface area contributed by atoms with Gasteiger partial charge < -0.3 is 14.6 Å². The van der Waals surface area contributed by atoms with Crippen molar-refractivity contribution in [2.24, 2.45) is 7.05 Å². The van der Waals surface area contributed by atoms with Gasteiger partial charge in [-0.3, -0.25) is 9.59 Å². The molecule has 2 heterocycles. The summed E-state index contributed by atoms with van der Waals surface area (Å²) in [6.45, 7) is 7.47. The number of carbonyl (C=O) groups excluding carboxylic acids is 1. The molecule has 2 aromatic carbocycles. The standard InChI is InChI=1S/C25H22N4O3/c1-5-22(30)28-17-9-10-21(32-24-15(2)7-6-8-16(24)3)18(11-17)20-13-29(4)25(31)23-19(20)12-26-14-27-23/h5-14H,1H2,2-4H3,(H,28,30). The van der Waals surface area contributed by atoms with Gasteiger partial charge in [0.2, 0.25) is 5.91 Å². The molecule has 0 fully saturated rings. The minimum absolute atomic E-state index is 0.223. The zero-order chi connectivity index (χ0) is 22.8. The van der Waals surface area contributed by atoms with Crippen molar-refractivity contribution in [3.8, 4) is 22.6 Å². The normalized spacial score (nSPS) is 10.7. The summed E-state index contributed by atoms with van der Waals surface area (Å²) in [6.07, 6.45) is 5.88. The molecule has 0 unspecified atom stereocenters. The second-order valence-corrected chi connectivity index (χ2v) is 7.47. The van der Waals surface area contributed by atoms with Crippen LogP contribution in [0.1, 0.15) is 11.1 Å². The fraction of sp³-hybridized carbons (Fsp3) is 0.120. The molecule has 0 atom stereocenters. The molecular weight excluding hydrogens is 404 g/mol. The summed E-state index contributed by atoms with van der Waals surface area (Å²) in [4.78, 5) is 32.8. The number of ether oxygens (including phenoxy) is 1. The molecule has 4 aromatic rings. The first kappa shape index (κ1) is 21.0. The third kappa shape index (κ3) is 3.88. The van der Waals surface area contributed by atoms with Crippen molar-refractivity contribution in [3.05, 3.63) is 89.3 Å². The molecule has 0 aliphatic heterocycles. The number of pyridine rings is 1. The van der Waals surface area contributed by atoms with E-state index in [-0.39, 0.29) is 11.5 Å². The summed E-state index contributed by atoms with van der Waals surface area (Å²) in [6, 6.07) is 11.3. The monoisotopic (exact) mass is 426 g/mol. The number of aryl methyl sites for hydroxylation is 3. The number of carbonyl (C=O) groups is 1. The Kier molecular flexibility index (Phi) is 5.55.